The van der Waals surface area contributed by atoms with Crippen molar-refractivity contribution < 1.29 is 0 Å². The fraction of sp³-hybridized carbons (Fsp3) is 0.500. The van der Waals surface area contributed by atoms with Crippen LogP contribution in [0.2, 0.25) is 0 Å². The Hall–Kier alpha value is -0.820. The molecule has 1 aromatic rings. The van der Waals surface area contributed by atoms with Crippen LogP contribution in [0.4, 0.5) is 0 Å². The number of rotatable bonds is 3. The summed E-state index contributed by atoms with van der Waals surface area (Å²) in [6.45, 7) is 0. The molecule has 0 aromatic carbocycles. The van der Waals surface area contributed by atoms with Crippen molar-refractivity contribution in [3.8, 4) is 12.3 Å². The summed E-state index contributed by atoms with van der Waals surface area (Å²) in [6.07, 6.45) is 9.73. The smallest absolute Gasteiger partial charge is 0.0388 e. The van der Waals surface area contributed by atoms with Gasteiger partial charge in [-0.3, -0.25) is 11.3 Å². The van der Waals surface area contributed by atoms with E-state index in [-0.39, 0.29) is 6.04 Å². The van der Waals surface area contributed by atoms with E-state index in [4.69, 9.17) is 12.3 Å². The second-order valence-corrected chi connectivity index (χ2v) is 4.98. The van der Waals surface area contributed by atoms with E-state index in [0.29, 0.717) is 12.3 Å². The van der Waals surface area contributed by atoms with Gasteiger partial charge in [0.15, 0.2) is 0 Å². The molecule has 1 aliphatic rings. The van der Waals surface area contributed by atoms with Crippen molar-refractivity contribution in [2.24, 2.45) is 5.84 Å². The molecule has 3 heteroatoms. The minimum absolute atomic E-state index is 0.226. The van der Waals surface area contributed by atoms with Gasteiger partial charge in [0.2, 0.25) is 0 Å². The monoisotopic (exact) mass is 220 g/mol. The number of terminal acetylenes is 1. The molecule has 0 aliphatic heterocycles. The highest BCUT2D eigenvalue weighted by Gasteiger charge is 2.27. The van der Waals surface area contributed by atoms with Crippen LogP contribution in [0.15, 0.2) is 11.4 Å². The van der Waals surface area contributed by atoms with Gasteiger partial charge in [-0.05, 0) is 36.3 Å². The molecule has 0 saturated carbocycles. The van der Waals surface area contributed by atoms with Gasteiger partial charge in [0.1, 0.15) is 0 Å². The molecule has 1 aromatic heterocycles. The van der Waals surface area contributed by atoms with E-state index in [1.165, 1.54) is 29.7 Å². The van der Waals surface area contributed by atoms with E-state index in [1.807, 2.05) is 11.3 Å². The Morgan fingerprint density at radius 2 is 2.60 bits per heavy atom. The zero-order chi connectivity index (χ0) is 10.7. The summed E-state index contributed by atoms with van der Waals surface area (Å²) in [6, 6.07) is 2.45. The first-order chi connectivity index (χ1) is 7.36. The molecular weight excluding hydrogens is 204 g/mol. The van der Waals surface area contributed by atoms with Crippen LogP contribution in [0.5, 0.6) is 0 Å². The molecule has 0 fully saturated rings. The van der Waals surface area contributed by atoms with Gasteiger partial charge in [-0.1, -0.05) is 0 Å². The van der Waals surface area contributed by atoms with Crippen molar-refractivity contribution in [2.75, 3.05) is 0 Å². The maximum atomic E-state index is 5.57. The molecule has 15 heavy (non-hydrogen) atoms. The number of nitrogens with two attached hydrogens (primary N) is 1. The van der Waals surface area contributed by atoms with Crippen LogP contribution in [-0.2, 0) is 6.42 Å². The summed E-state index contributed by atoms with van der Waals surface area (Å²) in [5, 5.41) is 2.17. The molecule has 0 spiro atoms. The first kappa shape index (κ1) is 10.7. The third kappa shape index (κ3) is 2.07. The third-order valence-electron chi connectivity index (χ3n) is 3.14. The third-order valence-corrected chi connectivity index (χ3v) is 4.13. The maximum absolute atomic E-state index is 5.57. The average Bonchev–Trinajstić information content (AvgIpc) is 2.73. The lowest BCUT2D eigenvalue weighted by Crippen LogP contribution is -2.40. The predicted molar refractivity (Wildman–Crippen MR) is 64.6 cm³/mol. The Morgan fingerprint density at radius 1 is 1.73 bits per heavy atom. The van der Waals surface area contributed by atoms with E-state index in [0.717, 1.165) is 0 Å². The minimum Gasteiger partial charge on any atom is -0.271 e. The molecule has 1 heterocycles. The molecule has 2 unspecified atom stereocenters. The predicted octanol–water partition coefficient (Wildman–Crippen LogP) is 2.02. The number of aryl methyl sites for hydroxylation is 1. The number of fused-ring (bicyclic) bond motifs is 1. The Kier molecular flexibility index (Phi) is 3.42. The lowest BCUT2D eigenvalue weighted by atomic mass is 9.82. The van der Waals surface area contributed by atoms with Gasteiger partial charge in [-0.2, -0.15) is 0 Å². The highest BCUT2D eigenvalue weighted by atomic mass is 32.1. The molecule has 0 bridgehead atoms. The van der Waals surface area contributed by atoms with Crippen LogP contribution >= 0.6 is 11.3 Å². The Balaban J connectivity index is 2.21. The van der Waals surface area contributed by atoms with Crippen molar-refractivity contribution >= 4 is 11.3 Å². The fourth-order valence-corrected chi connectivity index (χ4v) is 3.38. The zero-order valence-electron chi connectivity index (χ0n) is 8.70. The van der Waals surface area contributed by atoms with Gasteiger partial charge in [0.25, 0.3) is 0 Å². The van der Waals surface area contributed by atoms with E-state index in [1.54, 1.807) is 0 Å². The van der Waals surface area contributed by atoms with Crippen LogP contribution in [0.1, 0.15) is 35.6 Å². The average molecular weight is 220 g/mol. The molecule has 0 saturated heterocycles. The minimum atomic E-state index is 0.226. The summed E-state index contributed by atoms with van der Waals surface area (Å²) in [7, 11) is 0. The van der Waals surface area contributed by atoms with Gasteiger partial charge in [0, 0.05) is 23.3 Å². The zero-order valence-corrected chi connectivity index (χ0v) is 9.52. The van der Waals surface area contributed by atoms with Crippen LogP contribution in [0.3, 0.4) is 0 Å². The van der Waals surface area contributed by atoms with Gasteiger partial charge in [-0.15, -0.1) is 23.7 Å². The van der Waals surface area contributed by atoms with Crippen molar-refractivity contribution in [1.29, 1.82) is 0 Å². The standard InChI is InChI=1S/C12H16N2S/c1-2-4-11(14-13)9-5-3-6-12-10(9)7-8-15-12/h1,7-9,11,14H,3-6,13H2. The summed E-state index contributed by atoms with van der Waals surface area (Å²) in [5.74, 6) is 8.77. The summed E-state index contributed by atoms with van der Waals surface area (Å²) >= 11 is 1.85. The molecular formula is C12H16N2S. The molecule has 2 atom stereocenters. The van der Waals surface area contributed by atoms with Crippen molar-refractivity contribution in [3.05, 3.63) is 21.9 Å². The fourth-order valence-electron chi connectivity index (χ4n) is 2.38. The molecule has 0 radical (unpaired) electrons. The van der Waals surface area contributed by atoms with E-state index >= 15 is 0 Å². The first-order valence-corrected chi connectivity index (χ1v) is 6.20. The van der Waals surface area contributed by atoms with Gasteiger partial charge < -0.3 is 0 Å². The maximum Gasteiger partial charge on any atom is 0.0388 e. The topological polar surface area (TPSA) is 38.0 Å². The largest absolute Gasteiger partial charge is 0.271 e. The lowest BCUT2D eigenvalue weighted by molar-refractivity contribution is 0.405. The number of nitrogens with one attached hydrogen (secondary N) is 1. The van der Waals surface area contributed by atoms with E-state index < -0.39 is 0 Å². The number of hydrogen-bond donors (Lipinski definition) is 2. The second kappa shape index (κ2) is 4.80. The normalized spacial score (nSPS) is 21.7. The van der Waals surface area contributed by atoms with Gasteiger partial charge in [-0.25, -0.2) is 0 Å². The molecule has 2 nitrogen and oxygen atoms in total. The SMILES string of the molecule is C#CCC(NN)C1CCCc2sccc21. The van der Waals surface area contributed by atoms with Crippen molar-refractivity contribution in [2.45, 2.75) is 37.6 Å². The lowest BCUT2D eigenvalue weighted by Gasteiger charge is -2.29. The van der Waals surface area contributed by atoms with Gasteiger partial charge in [0.05, 0.1) is 0 Å². The van der Waals surface area contributed by atoms with Crippen molar-refractivity contribution in [3.63, 3.8) is 0 Å². The summed E-state index contributed by atoms with van der Waals surface area (Å²) in [4.78, 5) is 1.52. The number of hydrazine groups is 1. The van der Waals surface area contributed by atoms with Crippen LogP contribution in [-0.4, -0.2) is 6.04 Å². The molecule has 3 N–H and O–H groups in total. The first-order valence-electron chi connectivity index (χ1n) is 5.32. The van der Waals surface area contributed by atoms with E-state index in [9.17, 15) is 0 Å². The summed E-state index contributed by atoms with van der Waals surface area (Å²) in [5.41, 5.74) is 4.33. The van der Waals surface area contributed by atoms with Crippen LogP contribution in [0, 0.1) is 12.3 Å². The highest BCUT2D eigenvalue weighted by Crippen LogP contribution is 2.37. The Morgan fingerprint density at radius 3 is 3.33 bits per heavy atom. The quantitative estimate of drug-likeness (QED) is 0.464. The summed E-state index contributed by atoms with van der Waals surface area (Å²) < 4.78 is 0. The van der Waals surface area contributed by atoms with E-state index in [2.05, 4.69) is 22.8 Å². The highest BCUT2D eigenvalue weighted by molar-refractivity contribution is 7.10. The van der Waals surface area contributed by atoms with Gasteiger partial charge >= 0.3 is 0 Å². The number of thiophene rings is 1. The molecule has 80 valence electrons. The Labute approximate surface area is 94.8 Å². The molecule has 2 rings (SSSR count). The molecule has 0 amide bonds. The van der Waals surface area contributed by atoms with Crippen molar-refractivity contribution in [1.82, 2.24) is 5.43 Å². The Bertz CT molecular complexity index is 364. The number of hydrogen-bond acceptors (Lipinski definition) is 3. The van der Waals surface area contributed by atoms with Crippen LogP contribution in [0.25, 0.3) is 0 Å². The molecule has 1 aliphatic carbocycles. The van der Waals surface area contributed by atoms with Crippen LogP contribution < -0.4 is 11.3 Å². The second-order valence-electron chi connectivity index (χ2n) is 3.98.